The number of aliphatic hydroxyl groups is 1. The summed E-state index contributed by atoms with van der Waals surface area (Å²) in [4.78, 5) is 0. The molecule has 0 saturated heterocycles. The van der Waals surface area contributed by atoms with Crippen molar-refractivity contribution in [2.45, 2.75) is 206 Å². The summed E-state index contributed by atoms with van der Waals surface area (Å²) in [5.41, 5.74) is 0. The van der Waals surface area contributed by atoms with Gasteiger partial charge in [0.05, 0.1) is 0 Å². The molecule has 0 rings (SSSR count). The minimum absolute atomic E-state index is 0.369. The normalized spacial score (nSPS) is 11.5. The van der Waals surface area contributed by atoms with Gasteiger partial charge in [-0.3, -0.25) is 0 Å². The van der Waals surface area contributed by atoms with Gasteiger partial charge in [-0.1, -0.05) is 187 Å². The van der Waals surface area contributed by atoms with Gasteiger partial charge in [-0.05, 0) is 19.3 Å². The highest BCUT2D eigenvalue weighted by atomic mass is 16.5. The third-order valence-electron chi connectivity index (χ3n) is 8.09. The molecule has 0 amide bonds. The van der Waals surface area contributed by atoms with Crippen LogP contribution < -0.4 is 0 Å². The first-order chi connectivity index (χ1) is 18.4. The van der Waals surface area contributed by atoms with Crippen LogP contribution in [0.25, 0.3) is 0 Å². The molecule has 2 heteroatoms. The molecule has 2 nitrogen and oxygen atoms in total. The van der Waals surface area contributed by atoms with Gasteiger partial charge in [-0.2, -0.15) is 0 Å². The fourth-order valence-corrected chi connectivity index (χ4v) is 5.47. The summed E-state index contributed by atoms with van der Waals surface area (Å²) in [6.45, 7) is 4.64. The van der Waals surface area contributed by atoms with Crippen molar-refractivity contribution >= 4 is 0 Å². The van der Waals surface area contributed by atoms with Gasteiger partial charge >= 0.3 is 0 Å². The Balaban J connectivity index is 3.00. The first kappa shape index (κ1) is 36.9. The largest absolute Gasteiger partial charge is 0.396 e. The maximum absolute atomic E-state index is 8.78. The average Bonchev–Trinajstić information content (AvgIpc) is 2.91. The minimum Gasteiger partial charge on any atom is -0.396 e. The minimum atomic E-state index is 0.369. The first-order valence-corrected chi connectivity index (χ1v) is 17.6. The van der Waals surface area contributed by atoms with Crippen LogP contribution >= 0.6 is 0 Å². The molecule has 0 aromatic heterocycles. The van der Waals surface area contributed by atoms with Crippen LogP contribution in [0.2, 0.25) is 0 Å². The van der Waals surface area contributed by atoms with E-state index in [1.54, 1.807) is 0 Å². The topological polar surface area (TPSA) is 29.5 Å². The van der Waals surface area contributed by atoms with Crippen molar-refractivity contribution in [2.75, 3.05) is 19.8 Å². The molecule has 0 aliphatic carbocycles. The first-order valence-electron chi connectivity index (χ1n) is 17.6. The molecule has 0 aliphatic rings. The Morgan fingerprint density at radius 2 is 0.514 bits per heavy atom. The van der Waals surface area contributed by atoms with E-state index in [4.69, 9.17) is 9.84 Å². The van der Waals surface area contributed by atoms with Crippen molar-refractivity contribution in [3.63, 3.8) is 0 Å². The van der Waals surface area contributed by atoms with Crippen LogP contribution in [0, 0.1) is 0 Å². The lowest BCUT2D eigenvalue weighted by atomic mass is 10.0. The molecule has 0 fully saturated rings. The summed E-state index contributed by atoms with van der Waals surface area (Å²) in [7, 11) is 0. The molecular formula is C35H72O2. The molecule has 1 N–H and O–H groups in total. The van der Waals surface area contributed by atoms with E-state index in [0.717, 1.165) is 19.6 Å². The lowest BCUT2D eigenvalue weighted by Gasteiger charge is -2.06. The van der Waals surface area contributed by atoms with Crippen LogP contribution in [0.3, 0.4) is 0 Å². The van der Waals surface area contributed by atoms with E-state index in [9.17, 15) is 0 Å². The highest BCUT2D eigenvalue weighted by Crippen LogP contribution is 2.15. The molecule has 0 heterocycles. The standard InChI is InChI=1S/C35H72O2/c1-2-3-4-5-6-7-8-9-13-16-19-22-25-28-31-34-37-35-32-29-26-23-20-17-14-11-10-12-15-18-21-24-27-30-33-36/h36H,2-35H2,1H3. The number of hydrogen-bond acceptors (Lipinski definition) is 2. The van der Waals surface area contributed by atoms with Gasteiger partial charge in [0.15, 0.2) is 0 Å². The molecule has 0 unspecified atom stereocenters. The quantitative estimate of drug-likeness (QED) is 0.0848. The Kier molecular flexibility index (Phi) is 35.8. The Morgan fingerprint density at radius 3 is 0.757 bits per heavy atom. The van der Waals surface area contributed by atoms with Gasteiger partial charge in [0.2, 0.25) is 0 Å². The second kappa shape index (κ2) is 35.9. The van der Waals surface area contributed by atoms with Crippen molar-refractivity contribution < 1.29 is 9.84 Å². The van der Waals surface area contributed by atoms with E-state index in [1.807, 2.05) is 0 Å². The maximum Gasteiger partial charge on any atom is 0.0466 e. The van der Waals surface area contributed by atoms with Gasteiger partial charge in [0, 0.05) is 19.8 Å². The van der Waals surface area contributed by atoms with Crippen LogP contribution in [0.15, 0.2) is 0 Å². The predicted molar refractivity (Wildman–Crippen MR) is 167 cm³/mol. The second-order valence-corrected chi connectivity index (χ2v) is 11.9. The third kappa shape index (κ3) is 35.9. The van der Waals surface area contributed by atoms with E-state index >= 15 is 0 Å². The fourth-order valence-electron chi connectivity index (χ4n) is 5.47. The van der Waals surface area contributed by atoms with E-state index in [1.165, 1.54) is 193 Å². The molecule has 0 saturated carbocycles. The number of hydrogen-bond donors (Lipinski definition) is 1. The van der Waals surface area contributed by atoms with E-state index in [0.29, 0.717) is 6.61 Å². The SMILES string of the molecule is CCCCCCCCCCCCCCCCCOCCCCCCCCCCCCCCCCCCO. The average molecular weight is 525 g/mol. The van der Waals surface area contributed by atoms with Crippen molar-refractivity contribution in [1.29, 1.82) is 0 Å². The molecule has 0 bridgehead atoms. The molecular weight excluding hydrogens is 452 g/mol. The smallest absolute Gasteiger partial charge is 0.0466 e. The van der Waals surface area contributed by atoms with Crippen LogP contribution in [0.1, 0.15) is 206 Å². The predicted octanol–water partition coefficient (Wildman–Crippen LogP) is 12.1. The molecule has 0 radical (unpaired) electrons. The summed E-state index contributed by atoms with van der Waals surface area (Å²) in [5.74, 6) is 0. The van der Waals surface area contributed by atoms with Crippen molar-refractivity contribution in [3.8, 4) is 0 Å². The monoisotopic (exact) mass is 525 g/mol. The Morgan fingerprint density at radius 1 is 0.297 bits per heavy atom. The summed E-state index contributed by atoms with van der Waals surface area (Å²) in [5, 5.41) is 8.78. The highest BCUT2D eigenvalue weighted by Gasteiger charge is 1.97. The van der Waals surface area contributed by atoms with Gasteiger partial charge in [-0.15, -0.1) is 0 Å². The van der Waals surface area contributed by atoms with E-state index in [-0.39, 0.29) is 0 Å². The number of rotatable bonds is 34. The maximum atomic E-state index is 8.78. The zero-order chi connectivity index (χ0) is 26.7. The van der Waals surface area contributed by atoms with Crippen molar-refractivity contribution in [1.82, 2.24) is 0 Å². The van der Waals surface area contributed by atoms with Crippen LogP contribution in [-0.4, -0.2) is 24.9 Å². The summed E-state index contributed by atoms with van der Waals surface area (Å²) < 4.78 is 5.86. The van der Waals surface area contributed by atoms with Crippen molar-refractivity contribution in [3.05, 3.63) is 0 Å². The van der Waals surface area contributed by atoms with E-state index in [2.05, 4.69) is 6.92 Å². The Hall–Kier alpha value is -0.0800. The van der Waals surface area contributed by atoms with Crippen molar-refractivity contribution in [2.24, 2.45) is 0 Å². The lowest BCUT2D eigenvalue weighted by molar-refractivity contribution is 0.125. The number of ether oxygens (including phenoxy) is 1. The van der Waals surface area contributed by atoms with Gasteiger partial charge in [0.1, 0.15) is 0 Å². The summed E-state index contributed by atoms with van der Waals surface area (Å²) in [6, 6.07) is 0. The zero-order valence-corrected chi connectivity index (χ0v) is 25.9. The summed E-state index contributed by atoms with van der Waals surface area (Å²) in [6.07, 6.45) is 43.2. The van der Waals surface area contributed by atoms with Gasteiger partial charge < -0.3 is 9.84 Å². The molecule has 0 aromatic carbocycles. The van der Waals surface area contributed by atoms with Crippen LogP contribution in [-0.2, 0) is 4.74 Å². The van der Waals surface area contributed by atoms with E-state index < -0.39 is 0 Å². The molecule has 0 spiro atoms. The second-order valence-electron chi connectivity index (χ2n) is 11.9. The Bertz CT molecular complexity index is 336. The number of unbranched alkanes of at least 4 members (excludes halogenated alkanes) is 29. The third-order valence-corrected chi connectivity index (χ3v) is 8.09. The summed E-state index contributed by atoms with van der Waals surface area (Å²) >= 11 is 0. The zero-order valence-electron chi connectivity index (χ0n) is 25.9. The number of aliphatic hydroxyl groups excluding tert-OH is 1. The molecule has 0 aromatic rings. The van der Waals surface area contributed by atoms with Crippen LogP contribution in [0.4, 0.5) is 0 Å². The van der Waals surface area contributed by atoms with Gasteiger partial charge in [-0.25, -0.2) is 0 Å². The lowest BCUT2D eigenvalue weighted by Crippen LogP contribution is -1.97. The Labute approximate surface area is 235 Å². The molecule has 0 atom stereocenters. The van der Waals surface area contributed by atoms with Gasteiger partial charge in [0.25, 0.3) is 0 Å². The van der Waals surface area contributed by atoms with Crippen LogP contribution in [0.5, 0.6) is 0 Å². The molecule has 224 valence electrons. The highest BCUT2D eigenvalue weighted by molar-refractivity contribution is 4.52. The molecule has 0 aliphatic heterocycles. The fraction of sp³-hybridized carbons (Fsp3) is 1.00. The molecule has 37 heavy (non-hydrogen) atoms.